The SMILES string of the molecule is CCOC1CC(NC(=O)N(C)C(C)C(=O)O)C1. The first-order valence-electron chi connectivity index (χ1n) is 5.83. The quantitative estimate of drug-likeness (QED) is 0.745. The van der Waals surface area contributed by atoms with Crippen molar-refractivity contribution in [1.82, 2.24) is 10.2 Å². The molecule has 0 aliphatic heterocycles. The monoisotopic (exact) mass is 244 g/mol. The molecule has 1 unspecified atom stereocenters. The maximum absolute atomic E-state index is 11.7. The number of ether oxygens (including phenoxy) is 1. The Morgan fingerprint density at radius 2 is 2.12 bits per heavy atom. The summed E-state index contributed by atoms with van der Waals surface area (Å²) in [6.07, 6.45) is 1.83. The van der Waals surface area contributed by atoms with Crippen molar-refractivity contribution in [1.29, 1.82) is 0 Å². The van der Waals surface area contributed by atoms with Crippen LogP contribution in [-0.4, -0.2) is 53.8 Å². The molecule has 2 N–H and O–H groups in total. The standard InChI is InChI=1S/C11H20N2O4/c1-4-17-9-5-8(6-9)12-11(16)13(3)7(2)10(14)15/h7-9H,4-6H2,1-3H3,(H,12,16)(H,14,15). The van der Waals surface area contributed by atoms with Gasteiger partial charge in [-0.1, -0.05) is 0 Å². The molecule has 1 saturated carbocycles. The zero-order valence-corrected chi connectivity index (χ0v) is 10.5. The van der Waals surface area contributed by atoms with Gasteiger partial charge in [0.25, 0.3) is 0 Å². The first kappa shape index (κ1) is 13.8. The molecule has 6 heteroatoms. The number of rotatable bonds is 5. The summed E-state index contributed by atoms with van der Waals surface area (Å²) in [5.74, 6) is -1.01. The summed E-state index contributed by atoms with van der Waals surface area (Å²) < 4.78 is 5.38. The van der Waals surface area contributed by atoms with Gasteiger partial charge in [0.15, 0.2) is 0 Å². The van der Waals surface area contributed by atoms with Crippen LogP contribution in [0.15, 0.2) is 0 Å². The van der Waals surface area contributed by atoms with Gasteiger partial charge in [-0.25, -0.2) is 9.59 Å². The van der Waals surface area contributed by atoms with Gasteiger partial charge in [-0.3, -0.25) is 0 Å². The predicted molar refractivity (Wildman–Crippen MR) is 61.8 cm³/mol. The Labute approximate surface area is 101 Å². The van der Waals surface area contributed by atoms with Gasteiger partial charge in [0.1, 0.15) is 6.04 Å². The lowest BCUT2D eigenvalue weighted by Gasteiger charge is -2.36. The van der Waals surface area contributed by atoms with Crippen LogP contribution in [0.5, 0.6) is 0 Å². The van der Waals surface area contributed by atoms with E-state index in [9.17, 15) is 9.59 Å². The molecule has 0 radical (unpaired) electrons. The minimum atomic E-state index is -1.01. The van der Waals surface area contributed by atoms with E-state index in [1.165, 1.54) is 18.9 Å². The molecule has 0 aromatic heterocycles. The molecule has 1 fully saturated rings. The van der Waals surface area contributed by atoms with Crippen molar-refractivity contribution in [2.75, 3.05) is 13.7 Å². The van der Waals surface area contributed by atoms with Crippen LogP contribution in [0.1, 0.15) is 26.7 Å². The largest absolute Gasteiger partial charge is 0.480 e. The molecule has 0 aromatic rings. The molecular weight excluding hydrogens is 224 g/mol. The van der Waals surface area contributed by atoms with Gasteiger partial charge in [-0.2, -0.15) is 0 Å². The summed E-state index contributed by atoms with van der Waals surface area (Å²) >= 11 is 0. The lowest BCUT2D eigenvalue weighted by Crippen LogP contribution is -2.53. The normalized spacial score (nSPS) is 24.6. The van der Waals surface area contributed by atoms with Crippen LogP contribution in [0, 0.1) is 0 Å². The maximum Gasteiger partial charge on any atom is 0.326 e. The van der Waals surface area contributed by atoms with E-state index >= 15 is 0 Å². The molecule has 98 valence electrons. The highest BCUT2D eigenvalue weighted by Crippen LogP contribution is 2.23. The number of nitrogens with one attached hydrogen (secondary N) is 1. The zero-order valence-electron chi connectivity index (χ0n) is 10.5. The van der Waals surface area contributed by atoms with Gasteiger partial charge in [-0.05, 0) is 26.7 Å². The van der Waals surface area contributed by atoms with Gasteiger partial charge in [-0.15, -0.1) is 0 Å². The van der Waals surface area contributed by atoms with Crippen LogP contribution in [0.3, 0.4) is 0 Å². The lowest BCUT2D eigenvalue weighted by molar-refractivity contribution is -0.141. The zero-order chi connectivity index (χ0) is 13.0. The van der Waals surface area contributed by atoms with Crippen molar-refractivity contribution in [3.63, 3.8) is 0 Å². The van der Waals surface area contributed by atoms with E-state index in [1.54, 1.807) is 0 Å². The molecule has 0 saturated heterocycles. The molecule has 2 amide bonds. The number of nitrogens with zero attached hydrogens (tertiary/aromatic N) is 1. The molecule has 1 aliphatic rings. The molecule has 1 aliphatic carbocycles. The van der Waals surface area contributed by atoms with Gasteiger partial charge < -0.3 is 20.1 Å². The third kappa shape index (κ3) is 3.59. The van der Waals surface area contributed by atoms with Crippen molar-refractivity contribution in [2.45, 2.75) is 44.9 Å². The Balaban J connectivity index is 2.29. The molecule has 1 atom stereocenters. The first-order chi connectivity index (χ1) is 7.95. The third-order valence-corrected chi connectivity index (χ3v) is 3.08. The number of aliphatic carboxylic acids is 1. The van der Waals surface area contributed by atoms with Crippen LogP contribution in [-0.2, 0) is 9.53 Å². The molecule has 0 aromatic carbocycles. The molecule has 0 heterocycles. The summed E-state index contributed by atoms with van der Waals surface area (Å²) in [5, 5.41) is 11.6. The molecular formula is C11H20N2O4. The van der Waals surface area contributed by atoms with E-state index in [0.717, 1.165) is 12.8 Å². The molecule has 6 nitrogen and oxygen atoms in total. The van der Waals surface area contributed by atoms with E-state index < -0.39 is 12.0 Å². The summed E-state index contributed by atoms with van der Waals surface area (Å²) in [6.45, 7) is 4.10. The molecule has 0 bridgehead atoms. The second kappa shape index (κ2) is 5.86. The Bertz CT molecular complexity index is 289. The van der Waals surface area contributed by atoms with Crippen molar-refractivity contribution in [2.24, 2.45) is 0 Å². The fourth-order valence-corrected chi connectivity index (χ4v) is 1.67. The second-order valence-corrected chi connectivity index (χ2v) is 4.32. The summed E-state index contributed by atoms with van der Waals surface area (Å²) in [7, 11) is 1.48. The van der Waals surface area contributed by atoms with E-state index in [2.05, 4.69) is 5.32 Å². The predicted octanol–water partition coefficient (Wildman–Crippen LogP) is 0.668. The average Bonchev–Trinajstić information content (AvgIpc) is 2.23. The lowest BCUT2D eigenvalue weighted by atomic mass is 9.89. The summed E-state index contributed by atoms with van der Waals surface area (Å²) in [5.41, 5.74) is 0. The highest BCUT2D eigenvalue weighted by Gasteiger charge is 2.32. The topological polar surface area (TPSA) is 78.9 Å². The van der Waals surface area contributed by atoms with Gasteiger partial charge in [0, 0.05) is 19.7 Å². The minimum absolute atomic E-state index is 0.0995. The van der Waals surface area contributed by atoms with E-state index in [0.29, 0.717) is 6.61 Å². The van der Waals surface area contributed by atoms with Gasteiger partial charge in [0.05, 0.1) is 6.10 Å². The van der Waals surface area contributed by atoms with Gasteiger partial charge in [0.2, 0.25) is 0 Å². The number of hydrogen-bond acceptors (Lipinski definition) is 3. The summed E-state index contributed by atoms with van der Waals surface area (Å²) in [4.78, 5) is 23.6. The first-order valence-corrected chi connectivity index (χ1v) is 5.83. The fraction of sp³-hybridized carbons (Fsp3) is 0.818. The minimum Gasteiger partial charge on any atom is -0.480 e. The fourth-order valence-electron chi connectivity index (χ4n) is 1.67. The van der Waals surface area contributed by atoms with Crippen molar-refractivity contribution in [3.8, 4) is 0 Å². The molecule has 1 rings (SSSR count). The number of likely N-dealkylation sites (N-methyl/N-ethyl adjacent to an activating group) is 1. The smallest absolute Gasteiger partial charge is 0.326 e. The van der Waals surface area contributed by atoms with Gasteiger partial charge >= 0.3 is 12.0 Å². The summed E-state index contributed by atoms with van der Waals surface area (Å²) in [6, 6.07) is -1.07. The Hall–Kier alpha value is -1.30. The van der Waals surface area contributed by atoms with Crippen LogP contribution >= 0.6 is 0 Å². The third-order valence-electron chi connectivity index (χ3n) is 3.08. The number of amides is 2. The number of carbonyl (C=O) groups excluding carboxylic acids is 1. The number of hydrogen-bond donors (Lipinski definition) is 2. The molecule has 0 spiro atoms. The van der Waals surface area contributed by atoms with E-state index in [1.807, 2.05) is 6.92 Å². The number of urea groups is 1. The average molecular weight is 244 g/mol. The number of carboxylic acid groups (broad SMARTS) is 1. The van der Waals surface area contributed by atoms with Crippen LogP contribution in [0.25, 0.3) is 0 Å². The Morgan fingerprint density at radius 1 is 1.53 bits per heavy atom. The highest BCUT2D eigenvalue weighted by atomic mass is 16.5. The highest BCUT2D eigenvalue weighted by molar-refractivity contribution is 5.82. The van der Waals surface area contributed by atoms with E-state index in [4.69, 9.17) is 9.84 Å². The molecule has 17 heavy (non-hydrogen) atoms. The van der Waals surface area contributed by atoms with Crippen molar-refractivity contribution < 1.29 is 19.4 Å². The second-order valence-electron chi connectivity index (χ2n) is 4.32. The van der Waals surface area contributed by atoms with Crippen LogP contribution in [0.4, 0.5) is 4.79 Å². The van der Waals surface area contributed by atoms with Crippen molar-refractivity contribution >= 4 is 12.0 Å². The Kier molecular flexibility index (Phi) is 4.74. The van der Waals surface area contributed by atoms with Crippen LogP contribution in [0.2, 0.25) is 0 Å². The van der Waals surface area contributed by atoms with E-state index in [-0.39, 0.29) is 18.2 Å². The maximum atomic E-state index is 11.7. The number of carbonyl (C=O) groups is 2. The Morgan fingerprint density at radius 3 is 2.59 bits per heavy atom. The van der Waals surface area contributed by atoms with Crippen molar-refractivity contribution in [3.05, 3.63) is 0 Å². The number of carboxylic acids is 1. The van der Waals surface area contributed by atoms with Crippen LogP contribution < -0.4 is 5.32 Å².